The first-order chi connectivity index (χ1) is 15.0. The van der Waals surface area contributed by atoms with Gasteiger partial charge in [-0.1, -0.05) is 11.6 Å². The van der Waals surface area contributed by atoms with Crippen LogP contribution in [0.1, 0.15) is 46.5 Å². The molecule has 4 aromatic rings. The molecule has 1 saturated heterocycles. The normalized spacial score (nSPS) is 16.2. The Kier molecular flexibility index (Phi) is 5.00. The van der Waals surface area contributed by atoms with Crippen molar-refractivity contribution in [1.29, 1.82) is 0 Å². The lowest BCUT2D eigenvalue weighted by molar-refractivity contribution is 0.102. The summed E-state index contributed by atoms with van der Waals surface area (Å²) >= 11 is 6.24. The Morgan fingerprint density at radius 1 is 1.23 bits per heavy atom. The molecular formula is C23H22ClN5O2. The fraction of sp³-hybridized carbons (Fsp3) is 0.261. The Morgan fingerprint density at radius 2 is 2.03 bits per heavy atom. The molecule has 1 fully saturated rings. The Balaban J connectivity index is 1.33. The fourth-order valence-electron chi connectivity index (χ4n) is 3.89. The molecule has 0 spiro atoms. The Hall–Kier alpha value is -3.16. The Bertz CT molecular complexity index is 1270. The predicted octanol–water partition coefficient (Wildman–Crippen LogP) is 5.12. The zero-order valence-corrected chi connectivity index (χ0v) is 18.0. The highest BCUT2D eigenvalue weighted by atomic mass is 35.5. The summed E-state index contributed by atoms with van der Waals surface area (Å²) in [4.78, 5) is 20.7. The van der Waals surface area contributed by atoms with Crippen molar-refractivity contribution in [3.8, 4) is 5.69 Å². The summed E-state index contributed by atoms with van der Waals surface area (Å²) in [6.45, 7) is 4.56. The number of fused-ring (bicyclic) bond motifs is 1. The van der Waals surface area contributed by atoms with Gasteiger partial charge in [0.05, 0.1) is 33.1 Å². The maximum atomic E-state index is 12.7. The van der Waals surface area contributed by atoms with Gasteiger partial charge in [-0.15, -0.1) is 0 Å². The second-order valence-electron chi connectivity index (χ2n) is 7.75. The van der Waals surface area contributed by atoms with Crippen LogP contribution in [0.3, 0.4) is 0 Å². The first kappa shape index (κ1) is 19.8. The SMILES string of the molecule is Cc1nn(-c2ccc(C(=O)Nc3ccc4nc(C5CCCO5)[nH]c4c3)cc2)c(C)c1Cl. The van der Waals surface area contributed by atoms with E-state index in [1.165, 1.54) is 0 Å². The Labute approximate surface area is 184 Å². The summed E-state index contributed by atoms with van der Waals surface area (Å²) in [5.41, 5.74) is 5.49. The van der Waals surface area contributed by atoms with Crippen LogP contribution in [0.5, 0.6) is 0 Å². The van der Waals surface area contributed by atoms with Crippen LogP contribution in [0.15, 0.2) is 42.5 Å². The summed E-state index contributed by atoms with van der Waals surface area (Å²) < 4.78 is 7.48. The maximum Gasteiger partial charge on any atom is 0.255 e. The fourth-order valence-corrected chi connectivity index (χ4v) is 4.00. The van der Waals surface area contributed by atoms with Crippen molar-refractivity contribution in [2.75, 3.05) is 11.9 Å². The van der Waals surface area contributed by atoms with Crippen molar-refractivity contribution in [3.05, 3.63) is 70.3 Å². The highest BCUT2D eigenvalue weighted by molar-refractivity contribution is 6.31. The first-order valence-corrected chi connectivity index (χ1v) is 10.6. The standard InChI is InChI=1S/C23H22ClN5O2/c1-13-21(24)14(2)29(28-13)17-8-5-15(6-9-17)23(30)25-16-7-10-18-19(12-16)27-22(26-18)20-4-3-11-31-20/h5-10,12,20H,3-4,11H2,1-2H3,(H,25,30)(H,26,27). The number of aromatic amines is 1. The van der Waals surface area contributed by atoms with Crippen LogP contribution in [0.25, 0.3) is 16.7 Å². The number of nitrogens with zero attached hydrogens (tertiary/aromatic N) is 3. The minimum absolute atomic E-state index is 0.0287. The van der Waals surface area contributed by atoms with Crippen LogP contribution in [-0.2, 0) is 4.74 Å². The molecule has 7 nitrogen and oxygen atoms in total. The number of halogens is 1. The average Bonchev–Trinajstić information content (AvgIpc) is 3.50. The van der Waals surface area contributed by atoms with E-state index >= 15 is 0 Å². The van der Waals surface area contributed by atoms with Gasteiger partial charge < -0.3 is 15.0 Å². The van der Waals surface area contributed by atoms with Gasteiger partial charge in [0.2, 0.25) is 0 Å². The number of nitrogens with one attached hydrogen (secondary N) is 2. The van der Waals surface area contributed by atoms with Gasteiger partial charge in [0.15, 0.2) is 0 Å². The molecule has 5 rings (SSSR count). The zero-order chi connectivity index (χ0) is 21.5. The van der Waals surface area contributed by atoms with Gasteiger partial charge in [-0.3, -0.25) is 4.79 Å². The third-order valence-corrected chi connectivity index (χ3v) is 6.12. The number of anilines is 1. The highest BCUT2D eigenvalue weighted by Gasteiger charge is 2.21. The van der Waals surface area contributed by atoms with Gasteiger partial charge in [0.1, 0.15) is 11.9 Å². The minimum atomic E-state index is -0.184. The number of carbonyl (C=O) groups is 1. The second-order valence-corrected chi connectivity index (χ2v) is 8.13. The van der Waals surface area contributed by atoms with E-state index in [0.717, 1.165) is 53.4 Å². The predicted molar refractivity (Wildman–Crippen MR) is 120 cm³/mol. The van der Waals surface area contributed by atoms with Crippen molar-refractivity contribution in [3.63, 3.8) is 0 Å². The van der Waals surface area contributed by atoms with Crippen molar-refractivity contribution < 1.29 is 9.53 Å². The van der Waals surface area contributed by atoms with Gasteiger partial charge in [-0.25, -0.2) is 9.67 Å². The second kappa shape index (κ2) is 7.83. The molecule has 3 heterocycles. The van der Waals surface area contributed by atoms with E-state index in [2.05, 4.69) is 20.4 Å². The number of hydrogen-bond acceptors (Lipinski definition) is 4. The summed E-state index contributed by atoms with van der Waals surface area (Å²) in [7, 11) is 0. The molecule has 0 aliphatic carbocycles. The smallest absolute Gasteiger partial charge is 0.255 e. The number of aryl methyl sites for hydroxylation is 1. The molecule has 2 aromatic heterocycles. The van der Waals surface area contributed by atoms with E-state index in [9.17, 15) is 4.79 Å². The van der Waals surface area contributed by atoms with Crippen LogP contribution >= 0.6 is 11.6 Å². The number of carbonyl (C=O) groups excluding carboxylic acids is 1. The Morgan fingerprint density at radius 3 is 2.71 bits per heavy atom. The lowest BCUT2D eigenvalue weighted by atomic mass is 10.2. The van der Waals surface area contributed by atoms with Crippen LogP contribution in [0, 0.1) is 13.8 Å². The molecule has 1 aliphatic rings. The highest BCUT2D eigenvalue weighted by Crippen LogP contribution is 2.29. The van der Waals surface area contributed by atoms with E-state index in [4.69, 9.17) is 16.3 Å². The van der Waals surface area contributed by atoms with E-state index in [0.29, 0.717) is 16.3 Å². The maximum absolute atomic E-state index is 12.7. The number of amides is 1. The first-order valence-electron chi connectivity index (χ1n) is 10.2. The van der Waals surface area contributed by atoms with Crippen molar-refractivity contribution in [2.45, 2.75) is 32.8 Å². The number of aromatic nitrogens is 4. The lowest BCUT2D eigenvalue weighted by Crippen LogP contribution is -2.12. The molecular weight excluding hydrogens is 414 g/mol. The lowest BCUT2D eigenvalue weighted by Gasteiger charge is -2.08. The van der Waals surface area contributed by atoms with Gasteiger partial charge in [-0.05, 0) is 69.2 Å². The average molecular weight is 436 g/mol. The molecule has 2 aromatic carbocycles. The summed E-state index contributed by atoms with van der Waals surface area (Å²) in [5, 5.41) is 8.05. The van der Waals surface area contributed by atoms with Gasteiger partial charge in [-0.2, -0.15) is 5.10 Å². The van der Waals surface area contributed by atoms with Crippen molar-refractivity contribution in [2.24, 2.45) is 0 Å². The van der Waals surface area contributed by atoms with E-state index in [1.54, 1.807) is 16.8 Å². The van der Waals surface area contributed by atoms with Crippen molar-refractivity contribution >= 4 is 34.2 Å². The monoisotopic (exact) mass is 435 g/mol. The molecule has 8 heteroatoms. The van der Waals surface area contributed by atoms with E-state index in [-0.39, 0.29) is 12.0 Å². The number of imidazole rings is 1. The number of ether oxygens (including phenoxy) is 1. The molecule has 0 bridgehead atoms. The quantitative estimate of drug-likeness (QED) is 0.465. The van der Waals surface area contributed by atoms with E-state index < -0.39 is 0 Å². The van der Waals surface area contributed by atoms with Crippen LogP contribution in [0.2, 0.25) is 5.02 Å². The summed E-state index contributed by atoms with van der Waals surface area (Å²) in [5.74, 6) is 0.659. The molecule has 0 saturated carbocycles. The third kappa shape index (κ3) is 3.71. The molecule has 0 radical (unpaired) electrons. The van der Waals surface area contributed by atoms with Crippen LogP contribution in [0.4, 0.5) is 5.69 Å². The number of H-pyrrole nitrogens is 1. The van der Waals surface area contributed by atoms with Gasteiger partial charge in [0, 0.05) is 17.9 Å². The minimum Gasteiger partial charge on any atom is -0.370 e. The zero-order valence-electron chi connectivity index (χ0n) is 17.3. The molecule has 2 N–H and O–H groups in total. The number of rotatable bonds is 4. The summed E-state index contributed by atoms with van der Waals surface area (Å²) in [6, 6.07) is 12.9. The molecule has 1 aliphatic heterocycles. The number of hydrogen-bond donors (Lipinski definition) is 2. The molecule has 1 amide bonds. The molecule has 158 valence electrons. The summed E-state index contributed by atoms with van der Waals surface area (Å²) in [6.07, 6.45) is 2.05. The third-order valence-electron chi connectivity index (χ3n) is 5.57. The van der Waals surface area contributed by atoms with Crippen LogP contribution < -0.4 is 5.32 Å². The van der Waals surface area contributed by atoms with Crippen LogP contribution in [-0.4, -0.2) is 32.3 Å². The molecule has 1 unspecified atom stereocenters. The molecule has 1 atom stereocenters. The van der Waals surface area contributed by atoms with Gasteiger partial charge >= 0.3 is 0 Å². The topological polar surface area (TPSA) is 84.8 Å². The van der Waals surface area contributed by atoms with Crippen molar-refractivity contribution in [1.82, 2.24) is 19.7 Å². The van der Waals surface area contributed by atoms with Gasteiger partial charge in [0.25, 0.3) is 5.91 Å². The van der Waals surface area contributed by atoms with E-state index in [1.807, 2.05) is 44.2 Å². The largest absolute Gasteiger partial charge is 0.370 e. The number of benzene rings is 2. The molecule has 31 heavy (non-hydrogen) atoms.